The van der Waals surface area contributed by atoms with Crippen LogP contribution in [0.1, 0.15) is 48.9 Å². The molecule has 1 aromatic rings. The van der Waals surface area contributed by atoms with Crippen LogP contribution in [-0.2, 0) is 0 Å². The molecule has 5 heteroatoms. The Morgan fingerprint density at radius 1 is 1.33 bits per heavy atom. The average molecular weight is 292 g/mol. The van der Waals surface area contributed by atoms with Gasteiger partial charge in [0.15, 0.2) is 0 Å². The SMILES string of the molecule is O=C(NC[C@@H](CO)CC1CCCCC1)c1ccc(=O)[nH]c1. The number of aromatic amines is 1. The number of aliphatic hydroxyl groups excluding tert-OH is 1. The van der Waals surface area contributed by atoms with E-state index in [0.717, 1.165) is 6.42 Å². The van der Waals surface area contributed by atoms with Gasteiger partial charge in [-0.15, -0.1) is 0 Å². The zero-order chi connectivity index (χ0) is 15.1. The normalized spacial score (nSPS) is 17.4. The molecule has 0 radical (unpaired) electrons. The highest BCUT2D eigenvalue weighted by molar-refractivity contribution is 5.93. The first-order chi connectivity index (χ1) is 10.2. The number of aromatic nitrogens is 1. The molecule has 1 aromatic heterocycles. The number of amides is 1. The number of hydrogen-bond donors (Lipinski definition) is 3. The summed E-state index contributed by atoms with van der Waals surface area (Å²) in [5, 5.41) is 12.3. The Kier molecular flexibility index (Phi) is 5.99. The maximum Gasteiger partial charge on any atom is 0.252 e. The summed E-state index contributed by atoms with van der Waals surface area (Å²) in [5.74, 6) is 0.578. The van der Waals surface area contributed by atoms with Gasteiger partial charge in [-0.1, -0.05) is 32.1 Å². The highest BCUT2D eigenvalue weighted by atomic mass is 16.3. The fourth-order valence-electron chi connectivity index (χ4n) is 3.01. The molecule has 21 heavy (non-hydrogen) atoms. The van der Waals surface area contributed by atoms with Crippen LogP contribution in [0.15, 0.2) is 23.1 Å². The fraction of sp³-hybridized carbons (Fsp3) is 0.625. The molecule has 0 aromatic carbocycles. The van der Waals surface area contributed by atoms with E-state index < -0.39 is 0 Å². The second kappa shape index (κ2) is 7.98. The van der Waals surface area contributed by atoms with E-state index in [1.165, 1.54) is 50.4 Å². The van der Waals surface area contributed by atoms with Crippen molar-refractivity contribution in [3.05, 3.63) is 34.2 Å². The molecule has 1 fully saturated rings. The minimum absolute atomic E-state index is 0.0996. The van der Waals surface area contributed by atoms with Crippen LogP contribution in [-0.4, -0.2) is 29.1 Å². The summed E-state index contributed by atoms with van der Waals surface area (Å²) in [5.41, 5.74) is 0.209. The maximum atomic E-state index is 12.0. The van der Waals surface area contributed by atoms with E-state index in [4.69, 9.17) is 0 Å². The van der Waals surface area contributed by atoms with Crippen LogP contribution in [0.3, 0.4) is 0 Å². The van der Waals surface area contributed by atoms with Crippen LogP contribution in [0.4, 0.5) is 0 Å². The molecule has 1 saturated carbocycles. The predicted octanol–water partition coefficient (Wildman–Crippen LogP) is 1.68. The molecule has 5 nitrogen and oxygen atoms in total. The lowest BCUT2D eigenvalue weighted by Crippen LogP contribution is -2.32. The van der Waals surface area contributed by atoms with Gasteiger partial charge in [0, 0.05) is 25.4 Å². The summed E-state index contributed by atoms with van der Waals surface area (Å²) in [7, 11) is 0. The maximum absolute atomic E-state index is 12.0. The van der Waals surface area contributed by atoms with Crippen molar-refractivity contribution in [2.45, 2.75) is 38.5 Å². The van der Waals surface area contributed by atoms with Crippen molar-refractivity contribution < 1.29 is 9.90 Å². The number of carbonyl (C=O) groups excluding carboxylic acids is 1. The molecule has 0 bridgehead atoms. The number of nitrogens with one attached hydrogen (secondary N) is 2. The molecule has 1 atom stereocenters. The van der Waals surface area contributed by atoms with Crippen LogP contribution >= 0.6 is 0 Å². The Morgan fingerprint density at radius 2 is 2.10 bits per heavy atom. The Bertz CT molecular complexity index is 486. The van der Waals surface area contributed by atoms with Gasteiger partial charge in [-0.2, -0.15) is 0 Å². The third-order valence-corrected chi connectivity index (χ3v) is 4.25. The monoisotopic (exact) mass is 292 g/mol. The van der Waals surface area contributed by atoms with Crippen LogP contribution in [0.25, 0.3) is 0 Å². The molecule has 0 saturated heterocycles. The van der Waals surface area contributed by atoms with Gasteiger partial charge in [0.05, 0.1) is 5.56 Å². The standard InChI is InChI=1S/C16H24N2O3/c19-11-13(8-12-4-2-1-3-5-12)9-18-16(21)14-6-7-15(20)17-10-14/h6-7,10,12-13,19H,1-5,8-9,11H2,(H,17,20)(H,18,21)/t13-/m0/s1. The number of hydrogen-bond acceptors (Lipinski definition) is 3. The Balaban J connectivity index is 1.80. The van der Waals surface area contributed by atoms with Gasteiger partial charge in [-0.05, 0) is 24.3 Å². The number of rotatable bonds is 6. The van der Waals surface area contributed by atoms with Gasteiger partial charge in [0.25, 0.3) is 5.91 Å². The quantitative estimate of drug-likeness (QED) is 0.746. The lowest BCUT2D eigenvalue weighted by atomic mass is 9.83. The highest BCUT2D eigenvalue weighted by Crippen LogP contribution is 2.28. The van der Waals surface area contributed by atoms with Gasteiger partial charge in [0.1, 0.15) is 0 Å². The van der Waals surface area contributed by atoms with Gasteiger partial charge >= 0.3 is 0 Å². The third-order valence-electron chi connectivity index (χ3n) is 4.25. The Morgan fingerprint density at radius 3 is 2.71 bits per heavy atom. The first-order valence-corrected chi connectivity index (χ1v) is 7.77. The third kappa shape index (κ3) is 5.01. The minimum atomic E-state index is -0.225. The average Bonchev–Trinajstić information content (AvgIpc) is 2.52. The number of carbonyl (C=O) groups is 1. The van der Waals surface area contributed by atoms with Crippen molar-refractivity contribution in [2.24, 2.45) is 11.8 Å². The molecule has 1 aliphatic rings. The number of aliphatic hydroxyl groups is 1. The van der Waals surface area contributed by atoms with Crippen LogP contribution in [0.2, 0.25) is 0 Å². The van der Waals surface area contributed by atoms with E-state index in [1.54, 1.807) is 0 Å². The molecule has 0 spiro atoms. The highest BCUT2D eigenvalue weighted by Gasteiger charge is 2.19. The molecule has 1 amide bonds. The Labute approximate surface area is 124 Å². The zero-order valence-electron chi connectivity index (χ0n) is 12.3. The van der Waals surface area contributed by atoms with Crippen molar-refractivity contribution in [2.75, 3.05) is 13.2 Å². The molecule has 3 N–H and O–H groups in total. The van der Waals surface area contributed by atoms with Gasteiger partial charge < -0.3 is 15.4 Å². The van der Waals surface area contributed by atoms with Crippen LogP contribution in [0, 0.1) is 11.8 Å². The number of pyridine rings is 1. The summed E-state index contributed by atoms with van der Waals surface area (Å²) in [6.07, 6.45) is 8.76. The van der Waals surface area contributed by atoms with Gasteiger partial charge in [0.2, 0.25) is 5.56 Å². The van der Waals surface area contributed by atoms with E-state index in [-0.39, 0.29) is 24.0 Å². The second-order valence-electron chi connectivity index (χ2n) is 5.94. The van der Waals surface area contributed by atoms with E-state index in [0.29, 0.717) is 18.0 Å². The molecule has 2 rings (SSSR count). The summed E-state index contributed by atoms with van der Waals surface area (Å²) < 4.78 is 0. The van der Waals surface area contributed by atoms with E-state index in [9.17, 15) is 14.7 Å². The summed E-state index contributed by atoms with van der Waals surface area (Å²) in [6, 6.07) is 2.84. The predicted molar refractivity (Wildman–Crippen MR) is 81.2 cm³/mol. The van der Waals surface area contributed by atoms with Crippen LogP contribution in [0.5, 0.6) is 0 Å². The molecule has 1 aliphatic carbocycles. The van der Waals surface area contributed by atoms with Gasteiger partial charge in [-0.25, -0.2) is 0 Å². The largest absolute Gasteiger partial charge is 0.396 e. The minimum Gasteiger partial charge on any atom is -0.396 e. The smallest absolute Gasteiger partial charge is 0.252 e. The molecule has 116 valence electrons. The van der Waals surface area contributed by atoms with Crippen LogP contribution < -0.4 is 10.9 Å². The summed E-state index contributed by atoms with van der Waals surface area (Å²) in [4.78, 5) is 25.4. The van der Waals surface area contributed by atoms with Crippen molar-refractivity contribution in [1.29, 1.82) is 0 Å². The lowest BCUT2D eigenvalue weighted by Gasteiger charge is -2.25. The van der Waals surface area contributed by atoms with E-state index in [2.05, 4.69) is 10.3 Å². The second-order valence-corrected chi connectivity index (χ2v) is 5.94. The topological polar surface area (TPSA) is 82.2 Å². The Hall–Kier alpha value is -1.62. The first-order valence-electron chi connectivity index (χ1n) is 7.77. The number of H-pyrrole nitrogens is 1. The van der Waals surface area contributed by atoms with Crippen molar-refractivity contribution >= 4 is 5.91 Å². The van der Waals surface area contributed by atoms with Gasteiger partial charge in [-0.3, -0.25) is 9.59 Å². The van der Waals surface area contributed by atoms with Crippen molar-refractivity contribution in [3.63, 3.8) is 0 Å². The van der Waals surface area contributed by atoms with Crippen molar-refractivity contribution in [1.82, 2.24) is 10.3 Å². The van der Waals surface area contributed by atoms with E-state index >= 15 is 0 Å². The zero-order valence-corrected chi connectivity index (χ0v) is 12.3. The molecule has 1 heterocycles. The molecule has 0 unspecified atom stereocenters. The molecular formula is C16H24N2O3. The molecule has 0 aliphatic heterocycles. The summed E-state index contributed by atoms with van der Waals surface area (Å²) in [6.45, 7) is 0.577. The fourth-order valence-corrected chi connectivity index (χ4v) is 3.01. The van der Waals surface area contributed by atoms with Crippen molar-refractivity contribution in [3.8, 4) is 0 Å². The molecular weight excluding hydrogens is 268 g/mol. The first kappa shape index (κ1) is 15.8. The summed E-state index contributed by atoms with van der Waals surface area (Å²) >= 11 is 0. The van der Waals surface area contributed by atoms with E-state index in [1.807, 2.05) is 0 Å². The lowest BCUT2D eigenvalue weighted by molar-refractivity contribution is 0.0932.